The molecule has 0 aliphatic rings. The van der Waals surface area contributed by atoms with Gasteiger partial charge in [-0.05, 0) is 23.7 Å². The third-order valence-corrected chi connectivity index (χ3v) is 7.90. The van der Waals surface area contributed by atoms with Crippen molar-refractivity contribution in [3.8, 4) is 22.6 Å². The summed E-state index contributed by atoms with van der Waals surface area (Å²) in [4.78, 5) is 0. The average molecular weight is 593 g/mol. The van der Waals surface area contributed by atoms with E-state index >= 15 is 0 Å². The van der Waals surface area contributed by atoms with Crippen LogP contribution in [-0.4, -0.2) is 9.90 Å². The first-order chi connectivity index (χ1) is 17.1. The first-order valence-corrected chi connectivity index (χ1v) is 14.2. The van der Waals surface area contributed by atoms with Gasteiger partial charge in [-0.1, -0.05) is 131 Å². The molecule has 4 rings (SSSR count). The molecule has 0 fully saturated rings. The zero-order valence-electron chi connectivity index (χ0n) is 22.9. The lowest BCUT2D eigenvalue weighted by Gasteiger charge is -2.16. The summed E-state index contributed by atoms with van der Waals surface area (Å²) in [5.74, 6) is 1.54. The summed E-state index contributed by atoms with van der Waals surface area (Å²) in [5, 5.41) is 5.42. The van der Waals surface area contributed by atoms with Gasteiger partial charge >= 0.3 is 0 Å². The highest BCUT2D eigenvalue weighted by atomic mass is 127. The smallest absolute Gasteiger partial charge is 0.0919 e. The Kier molecular flexibility index (Phi) is 8.03. The molecule has 0 saturated heterocycles. The van der Waals surface area contributed by atoms with E-state index in [2.05, 4.69) is 154 Å². The Balaban J connectivity index is 2.17. The standard InChI is InChI=1S/C32H39IN3/c1-20(2)25-16-12-17-26(21(3)4)30(25)35-29(24-14-10-9-11-15-24)32(33)36(34-35)31-27(22(5)6)18-13-19-28(31)23(7)8/h9-23H,1-8H3/q+1. The van der Waals surface area contributed by atoms with Crippen molar-refractivity contribution in [2.24, 2.45) is 0 Å². The number of nitrogens with zero attached hydrogens (tertiary/aromatic N) is 3. The van der Waals surface area contributed by atoms with E-state index in [0.717, 1.165) is 9.39 Å². The van der Waals surface area contributed by atoms with Gasteiger partial charge < -0.3 is 0 Å². The minimum Gasteiger partial charge on any atom is -0.0919 e. The summed E-state index contributed by atoms with van der Waals surface area (Å²) in [6, 6.07) is 24.2. The molecule has 188 valence electrons. The van der Waals surface area contributed by atoms with Crippen molar-refractivity contribution in [3.05, 3.63) is 92.7 Å². The SMILES string of the molecule is CC(C)c1cccc(C(C)C)c1-n1n[n+](-c2c(C(C)C)cccc2C(C)C)c(-c2ccccc2)c1I. The zero-order valence-corrected chi connectivity index (χ0v) is 25.0. The van der Waals surface area contributed by atoms with Gasteiger partial charge in [0.2, 0.25) is 9.39 Å². The third kappa shape index (κ3) is 4.89. The van der Waals surface area contributed by atoms with Crippen molar-refractivity contribution in [1.29, 1.82) is 0 Å². The van der Waals surface area contributed by atoms with E-state index in [-0.39, 0.29) is 0 Å². The molecule has 0 N–H and O–H groups in total. The molecule has 0 atom stereocenters. The van der Waals surface area contributed by atoms with Crippen LogP contribution in [0.15, 0.2) is 66.7 Å². The maximum absolute atomic E-state index is 5.42. The van der Waals surface area contributed by atoms with Crippen LogP contribution in [0.1, 0.15) is 101 Å². The Morgan fingerprint density at radius 1 is 0.611 bits per heavy atom. The van der Waals surface area contributed by atoms with Gasteiger partial charge in [0, 0.05) is 50.4 Å². The Morgan fingerprint density at radius 3 is 1.50 bits per heavy atom. The van der Waals surface area contributed by atoms with Crippen molar-refractivity contribution < 1.29 is 4.68 Å². The second-order valence-electron chi connectivity index (χ2n) is 10.9. The molecule has 36 heavy (non-hydrogen) atoms. The van der Waals surface area contributed by atoms with Crippen LogP contribution in [-0.2, 0) is 0 Å². The minimum absolute atomic E-state index is 0.381. The Labute approximate surface area is 230 Å². The van der Waals surface area contributed by atoms with E-state index < -0.39 is 0 Å². The highest BCUT2D eigenvalue weighted by Gasteiger charge is 2.34. The summed E-state index contributed by atoms with van der Waals surface area (Å²) >= 11 is 2.51. The first-order valence-electron chi connectivity index (χ1n) is 13.2. The molecule has 0 unspecified atom stereocenters. The van der Waals surface area contributed by atoms with Gasteiger partial charge in [-0.15, -0.1) is 0 Å². The monoisotopic (exact) mass is 592 g/mol. The van der Waals surface area contributed by atoms with Gasteiger partial charge in [0.25, 0.3) is 0 Å². The Bertz CT molecular complexity index is 1300. The number of hydrogen-bond acceptors (Lipinski definition) is 1. The fourth-order valence-corrected chi connectivity index (χ4v) is 5.89. The van der Waals surface area contributed by atoms with E-state index in [9.17, 15) is 0 Å². The van der Waals surface area contributed by atoms with E-state index in [1.54, 1.807) is 0 Å². The Morgan fingerprint density at radius 2 is 1.06 bits per heavy atom. The molecule has 0 bridgehead atoms. The van der Waals surface area contributed by atoms with Gasteiger partial charge in [0.1, 0.15) is 5.21 Å². The number of para-hydroxylation sites is 2. The fraction of sp³-hybridized carbons (Fsp3) is 0.375. The molecule has 0 spiro atoms. The lowest BCUT2D eigenvalue weighted by molar-refractivity contribution is -0.651. The van der Waals surface area contributed by atoms with E-state index in [0.29, 0.717) is 23.7 Å². The van der Waals surface area contributed by atoms with Crippen LogP contribution in [0.3, 0.4) is 0 Å². The van der Waals surface area contributed by atoms with E-state index in [1.165, 1.54) is 39.2 Å². The largest absolute Gasteiger partial charge is 0.242 e. The number of halogens is 1. The molecule has 0 saturated carbocycles. The zero-order chi connectivity index (χ0) is 26.1. The number of benzene rings is 3. The van der Waals surface area contributed by atoms with Crippen LogP contribution in [0.25, 0.3) is 22.6 Å². The van der Waals surface area contributed by atoms with Crippen LogP contribution < -0.4 is 4.68 Å². The fourth-order valence-electron chi connectivity index (χ4n) is 5.01. The van der Waals surface area contributed by atoms with Crippen molar-refractivity contribution in [3.63, 3.8) is 0 Å². The second-order valence-corrected chi connectivity index (χ2v) is 11.9. The normalized spacial score (nSPS) is 11.9. The van der Waals surface area contributed by atoms with Gasteiger partial charge in [0.05, 0.1) is 0 Å². The summed E-state index contributed by atoms with van der Waals surface area (Å²) in [5.41, 5.74) is 10.1. The molecule has 0 aliphatic heterocycles. The Hall–Kier alpha value is -2.47. The van der Waals surface area contributed by atoms with Crippen molar-refractivity contribution >= 4 is 22.6 Å². The van der Waals surface area contributed by atoms with Crippen LogP contribution in [0.5, 0.6) is 0 Å². The molecule has 4 aromatic rings. The molecule has 3 aromatic carbocycles. The summed E-state index contributed by atoms with van der Waals surface area (Å²) in [6.07, 6.45) is 0. The van der Waals surface area contributed by atoms with E-state index in [1.807, 2.05) is 0 Å². The summed E-state index contributed by atoms with van der Waals surface area (Å²) < 4.78 is 5.56. The van der Waals surface area contributed by atoms with Gasteiger partial charge in [-0.2, -0.15) is 0 Å². The maximum atomic E-state index is 5.42. The van der Waals surface area contributed by atoms with E-state index in [4.69, 9.17) is 5.21 Å². The van der Waals surface area contributed by atoms with Crippen molar-refractivity contribution in [2.75, 3.05) is 0 Å². The van der Waals surface area contributed by atoms with Gasteiger partial charge in [-0.25, -0.2) is 0 Å². The minimum atomic E-state index is 0.381. The molecule has 0 aliphatic carbocycles. The molecule has 1 aromatic heterocycles. The van der Waals surface area contributed by atoms with Crippen LogP contribution in [0.2, 0.25) is 0 Å². The lowest BCUT2D eigenvalue weighted by Crippen LogP contribution is -2.39. The quantitative estimate of drug-likeness (QED) is 0.155. The van der Waals surface area contributed by atoms with Crippen LogP contribution in [0, 0.1) is 3.70 Å². The van der Waals surface area contributed by atoms with Crippen molar-refractivity contribution in [2.45, 2.75) is 79.1 Å². The van der Waals surface area contributed by atoms with Crippen LogP contribution >= 0.6 is 22.6 Å². The topological polar surface area (TPSA) is 21.7 Å². The highest BCUT2D eigenvalue weighted by Crippen LogP contribution is 2.35. The molecule has 4 heteroatoms. The highest BCUT2D eigenvalue weighted by molar-refractivity contribution is 14.1. The van der Waals surface area contributed by atoms with Gasteiger partial charge in [-0.3, -0.25) is 0 Å². The average Bonchev–Trinajstić information content (AvgIpc) is 3.19. The van der Waals surface area contributed by atoms with Crippen molar-refractivity contribution in [1.82, 2.24) is 9.90 Å². The van der Waals surface area contributed by atoms with Crippen LogP contribution in [0.4, 0.5) is 0 Å². The maximum Gasteiger partial charge on any atom is 0.242 e. The number of aromatic nitrogens is 3. The molecule has 0 amide bonds. The summed E-state index contributed by atoms with van der Waals surface area (Å²) in [7, 11) is 0. The molecule has 1 heterocycles. The molecular weight excluding hydrogens is 553 g/mol. The summed E-state index contributed by atoms with van der Waals surface area (Å²) in [6.45, 7) is 18.2. The number of hydrogen-bond donors (Lipinski definition) is 0. The predicted octanol–water partition coefficient (Wildman–Crippen LogP) is 8.91. The second kappa shape index (κ2) is 10.9. The lowest BCUT2D eigenvalue weighted by atomic mass is 9.92. The predicted molar refractivity (Wildman–Crippen MR) is 160 cm³/mol. The molecular formula is C32H39IN3+. The first kappa shape index (κ1) is 26.6. The number of rotatable bonds is 7. The third-order valence-electron chi connectivity index (χ3n) is 6.93. The molecule has 0 radical (unpaired) electrons. The van der Waals surface area contributed by atoms with Gasteiger partial charge in [0.15, 0.2) is 11.4 Å². The molecule has 3 nitrogen and oxygen atoms in total.